The van der Waals surface area contributed by atoms with Gasteiger partial charge in [0.25, 0.3) is 11.8 Å². The molecule has 0 fully saturated rings. The number of halogens is 2. The molecule has 1 heterocycles. The predicted octanol–water partition coefficient (Wildman–Crippen LogP) is 3.38. The summed E-state index contributed by atoms with van der Waals surface area (Å²) < 4.78 is 0.425. The number of unbranched alkanes of at least 4 members (excludes halogenated alkanes) is 2. The molecule has 0 saturated carbocycles. The van der Waals surface area contributed by atoms with Gasteiger partial charge in [-0.3, -0.25) is 28.9 Å². The number of anilines is 1. The molecule has 5 amide bonds. The highest BCUT2D eigenvalue weighted by atomic mass is 79.9. The summed E-state index contributed by atoms with van der Waals surface area (Å²) in [5.41, 5.74) is 1.41. The number of amides is 5. The fourth-order valence-corrected chi connectivity index (χ4v) is 4.21. The van der Waals surface area contributed by atoms with Crippen LogP contribution in [-0.4, -0.2) is 53.1 Å². The Labute approximate surface area is 228 Å². The maximum absolute atomic E-state index is 12.8. The van der Waals surface area contributed by atoms with Crippen LogP contribution in [0.4, 0.5) is 5.69 Å². The first-order valence-electron chi connectivity index (χ1n) is 11.7. The van der Waals surface area contributed by atoms with Gasteiger partial charge in [-0.15, -0.1) is 0 Å². The van der Waals surface area contributed by atoms with Crippen LogP contribution in [0.15, 0.2) is 33.2 Å². The van der Waals surface area contributed by atoms with Crippen LogP contribution in [0.3, 0.4) is 0 Å². The molecule has 2 atom stereocenters. The minimum Gasteiger partial charge on any atom is -0.344 e. The topological polar surface area (TPSA) is 125 Å². The van der Waals surface area contributed by atoms with Crippen LogP contribution in [0.2, 0.25) is 0 Å². The monoisotopic (exact) mass is 625 g/mol. The molecule has 3 N–H and O–H groups in total. The van der Waals surface area contributed by atoms with E-state index in [1.165, 1.54) is 0 Å². The lowest BCUT2D eigenvalue weighted by atomic mass is 10.0. The predicted molar refractivity (Wildman–Crippen MR) is 144 cm³/mol. The highest BCUT2D eigenvalue weighted by molar-refractivity contribution is 9.14. The van der Waals surface area contributed by atoms with Crippen molar-refractivity contribution in [3.63, 3.8) is 0 Å². The van der Waals surface area contributed by atoms with Crippen molar-refractivity contribution in [1.82, 2.24) is 15.5 Å². The molecule has 0 unspecified atom stereocenters. The molecule has 1 aliphatic heterocycles. The van der Waals surface area contributed by atoms with Gasteiger partial charge in [0.15, 0.2) is 0 Å². The lowest BCUT2D eigenvalue weighted by molar-refractivity contribution is -0.137. The summed E-state index contributed by atoms with van der Waals surface area (Å²) in [6.07, 6.45) is 1.92. The van der Waals surface area contributed by atoms with Crippen LogP contribution >= 0.6 is 31.9 Å². The molecule has 11 heteroatoms. The van der Waals surface area contributed by atoms with E-state index in [1.807, 2.05) is 13.8 Å². The second kappa shape index (κ2) is 13.7. The summed E-state index contributed by atoms with van der Waals surface area (Å²) in [6, 6.07) is 5.39. The van der Waals surface area contributed by atoms with Crippen molar-refractivity contribution in [2.45, 2.75) is 58.5 Å². The minimum absolute atomic E-state index is 0.189. The lowest BCUT2D eigenvalue weighted by Gasteiger charge is -2.24. The Hall–Kier alpha value is -2.53. The second-order valence-corrected chi connectivity index (χ2v) is 10.5. The van der Waals surface area contributed by atoms with Gasteiger partial charge < -0.3 is 16.0 Å². The van der Waals surface area contributed by atoms with Crippen molar-refractivity contribution in [1.29, 1.82) is 0 Å². The van der Waals surface area contributed by atoms with Crippen molar-refractivity contribution in [3.05, 3.63) is 45.7 Å². The molecule has 1 aliphatic rings. The normalized spacial score (nSPS) is 15.2. The van der Waals surface area contributed by atoms with E-state index in [0.29, 0.717) is 24.9 Å². The van der Waals surface area contributed by atoms with Crippen LogP contribution in [0.1, 0.15) is 52.0 Å². The van der Waals surface area contributed by atoms with Gasteiger partial charge in [0.05, 0.1) is 0 Å². The molecule has 0 bridgehead atoms. The summed E-state index contributed by atoms with van der Waals surface area (Å²) in [5, 5.41) is 8.14. The molecular formula is C25H31Br2N4O5. The maximum Gasteiger partial charge on any atom is 0.269 e. The summed E-state index contributed by atoms with van der Waals surface area (Å²) in [4.78, 5) is 62.8. The average Bonchev–Trinajstić information content (AvgIpc) is 3.01. The zero-order chi connectivity index (χ0) is 27.0. The summed E-state index contributed by atoms with van der Waals surface area (Å²) in [5.74, 6) is -2.05. The van der Waals surface area contributed by atoms with E-state index in [4.69, 9.17) is 0 Å². The number of benzene rings is 1. The van der Waals surface area contributed by atoms with Gasteiger partial charge in [0.1, 0.15) is 21.0 Å². The Morgan fingerprint density at radius 3 is 2.03 bits per heavy atom. The van der Waals surface area contributed by atoms with Crippen molar-refractivity contribution in [2.24, 2.45) is 5.92 Å². The Morgan fingerprint density at radius 1 is 0.889 bits per heavy atom. The fraction of sp³-hybridized carbons (Fsp3) is 0.440. The largest absolute Gasteiger partial charge is 0.344 e. The average molecular weight is 627 g/mol. The number of hydrogen-bond donors (Lipinski definition) is 3. The first-order chi connectivity index (χ1) is 16.9. The third-order valence-electron chi connectivity index (χ3n) is 5.58. The van der Waals surface area contributed by atoms with E-state index in [-0.39, 0.29) is 51.5 Å². The first-order valence-corrected chi connectivity index (χ1v) is 13.2. The van der Waals surface area contributed by atoms with Crippen LogP contribution < -0.4 is 16.0 Å². The number of nitrogens with one attached hydrogen (secondary N) is 3. The van der Waals surface area contributed by atoms with Gasteiger partial charge >= 0.3 is 0 Å². The SMILES string of the molecule is [CH2]c1ccc(NC(=O)[C@H](C)NC(=O)[C@@H](NC(=O)CCCCCN2C(=O)C(Br)=C(Br)C2=O)C(C)C)cc1. The van der Waals surface area contributed by atoms with Crippen molar-refractivity contribution in [3.8, 4) is 0 Å². The molecule has 36 heavy (non-hydrogen) atoms. The summed E-state index contributed by atoms with van der Waals surface area (Å²) >= 11 is 6.18. The third kappa shape index (κ3) is 8.26. The zero-order valence-corrected chi connectivity index (χ0v) is 23.7. The first kappa shape index (κ1) is 29.7. The van der Waals surface area contributed by atoms with E-state index < -0.39 is 18.0 Å². The van der Waals surface area contributed by atoms with Gasteiger partial charge in [0, 0.05) is 18.7 Å². The Balaban J connectivity index is 1.75. The molecule has 1 radical (unpaired) electrons. The molecule has 0 aromatic heterocycles. The number of rotatable bonds is 12. The van der Waals surface area contributed by atoms with Crippen molar-refractivity contribution < 1.29 is 24.0 Å². The molecule has 195 valence electrons. The van der Waals surface area contributed by atoms with E-state index in [9.17, 15) is 24.0 Å². The highest BCUT2D eigenvalue weighted by Crippen LogP contribution is 2.29. The summed E-state index contributed by atoms with van der Waals surface area (Å²) in [6.45, 7) is 9.25. The number of carbonyl (C=O) groups is 5. The van der Waals surface area contributed by atoms with Gasteiger partial charge in [-0.2, -0.15) is 0 Å². The standard InChI is InChI=1S/C25H31Br2N4O5/c1-14(2)21(23(34)28-16(4)22(33)29-17-11-9-15(3)10-12-17)30-18(32)8-6-5-7-13-31-24(35)19(26)20(27)25(31)36/h9-12,14,16,21H,3,5-8,13H2,1-2,4H3,(H,28,34)(H,29,33)(H,30,32)/t16-,21-/m0/s1. The van der Waals surface area contributed by atoms with Crippen LogP contribution in [0, 0.1) is 12.8 Å². The second-order valence-electron chi connectivity index (χ2n) is 8.91. The fourth-order valence-electron chi connectivity index (χ4n) is 3.44. The number of imide groups is 1. The summed E-state index contributed by atoms with van der Waals surface area (Å²) in [7, 11) is 0. The van der Waals surface area contributed by atoms with Crippen LogP contribution in [0.25, 0.3) is 0 Å². The van der Waals surface area contributed by atoms with Gasteiger partial charge in [0.2, 0.25) is 17.7 Å². The lowest BCUT2D eigenvalue weighted by Crippen LogP contribution is -2.53. The minimum atomic E-state index is -0.805. The quantitative estimate of drug-likeness (QED) is 0.242. The highest BCUT2D eigenvalue weighted by Gasteiger charge is 2.35. The number of nitrogens with zero attached hydrogens (tertiary/aromatic N) is 1. The number of hydrogen-bond acceptors (Lipinski definition) is 5. The molecule has 2 rings (SSSR count). The van der Waals surface area contributed by atoms with E-state index >= 15 is 0 Å². The Kier molecular flexibility index (Phi) is 11.3. The smallest absolute Gasteiger partial charge is 0.269 e. The van der Waals surface area contributed by atoms with Gasteiger partial charge in [-0.05, 0) is 82.2 Å². The van der Waals surface area contributed by atoms with E-state index in [2.05, 4.69) is 54.7 Å². The number of carbonyl (C=O) groups excluding carboxylic acids is 5. The van der Waals surface area contributed by atoms with Crippen LogP contribution in [-0.2, 0) is 24.0 Å². The molecule has 0 spiro atoms. The molecule has 1 aromatic rings. The van der Waals surface area contributed by atoms with Crippen molar-refractivity contribution >= 4 is 67.1 Å². The van der Waals surface area contributed by atoms with Crippen LogP contribution in [0.5, 0.6) is 0 Å². The third-order valence-corrected chi connectivity index (χ3v) is 7.59. The molecule has 0 aliphatic carbocycles. The van der Waals surface area contributed by atoms with Gasteiger partial charge in [-0.25, -0.2) is 0 Å². The molecule has 0 saturated heterocycles. The Morgan fingerprint density at radius 2 is 1.47 bits per heavy atom. The molecular weight excluding hydrogens is 596 g/mol. The van der Waals surface area contributed by atoms with Crippen molar-refractivity contribution in [2.75, 3.05) is 11.9 Å². The van der Waals surface area contributed by atoms with Gasteiger partial charge in [-0.1, -0.05) is 32.4 Å². The Bertz CT molecular complexity index is 1020. The van der Waals surface area contributed by atoms with E-state index in [0.717, 1.165) is 10.5 Å². The maximum atomic E-state index is 12.8. The van der Waals surface area contributed by atoms with E-state index in [1.54, 1.807) is 31.2 Å². The molecule has 1 aromatic carbocycles. The zero-order valence-electron chi connectivity index (χ0n) is 20.5. The molecule has 9 nitrogen and oxygen atoms in total.